The number of piperidine rings is 1. The minimum atomic E-state index is 0.702. The molecule has 1 saturated heterocycles. The fraction of sp³-hybridized carbons (Fsp3) is 0.545. The van der Waals surface area contributed by atoms with Gasteiger partial charge in [-0.3, -0.25) is 0 Å². The Bertz CT molecular complexity index is 676. The Morgan fingerprint density at radius 1 is 1.12 bits per heavy atom. The van der Waals surface area contributed by atoms with Crippen LogP contribution >= 0.6 is 0 Å². The van der Waals surface area contributed by atoms with Crippen LogP contribution in [0.2, 0.25) is 0 Å². The molecule has 1 aromatic heterocycles. The van der Waals surface area contributed by atoms with E-state index in [9.17, 15) is 0 Å². The lowest BCUT2D eigenvalue weighted by atomic mass is 9.90. The Morgan fingerprint density at radius 2 is 1.85 bits per heavy atom. The van der Waals surface area contributed by atoms with E-state index in [0.717, 1.165) is 49.4 Å². The van der Waals surface area contributed by atoms with Crippen molar-refractivity contribution in [1.29, 1.82) is 0 Å². The normalized spacial score (nSPS) is 15.5. The van der Waals surface area contributed by atoms with Crippen molar-refractivity contribution in [2.45, 2.75) is 46.5 Å². The van der Waals surface area contributed by atoms with Crippen LogP contribution in [0.3, 0.4) is 0 Å². The van der Waals surface area contributed by atoms with Crippen molar-refractivity contribution in [2.24, 2.45) is 11.8 Å². The van der Waals surface area contributed by atoms with E-state index >= 15 is 0 Å². The molecule has 2 aromatic rings. The van der Waals surface area contributed by atoms with Crippen LogP contribution in [0.25, 0.3) is 0 Å². The van der Waals surface area contributed by atoms with Gasteiger partial charge in [0, 0.05) is 25.7 Å². The lowest BCUT2D eigenvalue weighted by Gasteiger charge is -2.33. The van der Waals surface area contributed by atoms with E-state index in [2.05, 4.69) is 70.4 Å². The molecule has 0 bridgehead atoms. The van der Waals surface area contributed by atoms with Crippen molar-refractivity contribution in [3.8, 4) is 0 Å². The monoisotopic (exact) mass is 352 g/mol. The largest absolute Gasteiger partial charge is 0.370 e. The van der Waals surface area contributed by atoms with E-state index < -0.39 is 0 Å². The molecule has 4 nitrogen and oxygen atoms in total. The van der Waals surface area contributed by atoms with Gasteiger partial charge in [-0.2, -0.15) is 0 Å². The molecule has 4 heteroatoms. The molecule has 0 unspecified atom stereocenters. The van der Waals surface area contributed by atoms with Crippen LogP contribution in [-0.4, -0.2) is 29.6 Å². The second kappa shape index (κ2) is 9.02. The van der Waals surface area contributed by atoms with Crippen LogP contribution in [0.1, 0.15) is 44.5 Å². The van der Waals surface area contributed by atoms with Gasteiger partial charge in [0.2, 0.25) is 0 Å². The van der Waals surface area contributed by atoms with Crippen molar-refractivity contribution in [1.82, 2.24) is 9.97 Å². The number of hydrogen-bond donors (Lipinski definition) is 1. The quantitative estimate of drug-likeness (QED) is 0.784. The highest BCUT2D eigenvalue weighted by Crippen LogP contribution is 2.26. The number of aromatic nitrogens is 2. The Labute approximate surface area is 158 Å². The molecule has 0 amide bonds. The van der Waals surface area contributed by atoms with Gasteiger partial charge in [-0.1, -0.05) is 44.2 Å². The summed E-state index contributed by atoms with van der Waals surface area (Å²) in [6, 6.07) is 13.0. The number of rotatable bonds is 7. The lowest BCUT2D eigenvalue weighted by Crippen LogP contribution is -2.35. The first-order chi connectivity index (χ1) is 12.6. The molecule has 0 atom stereocenters. The molecule has 1 fully saturated rings. The van der Waals surface area contributed by atoms with E-state index in [1.54, 1.807) is 0 Å². The zero-order valence-electron chi connectivity index (χ0n) is 16.4. The average molecular weight is 353 g/mol. The van der Waals surface area contributed by atoms with Crippen LogP contribution in [0.5, 0.6) is 0 Å². The summed E-state index contributed by atoms with van der Waals surface area (Å²) >= 11 is 0. The fourth-order valence-electron chi connectivity index (χ4n) is 3.61. The summed E-state index contributed by atoms with van der Waals surface area (Å²) in [5, 5.41) is 3.46. The summed E-state index contributed by atoms with van der Waals surface area (Å²) in [7, 11) is 0. The van der Waals surface area contributed by atoms with E-state index in [1.807, 2.05) is 6.92 Å². The smallest absolute Gasteiger partial charge is 0.134 e. The lowest BCUT2D eigenvalue weighted by molar-refractivity contribution is 0.402. The highest BCUT2D eigenvalue weighted by atomic mass is 15.2. The molecule has 26 heavy (non-hydrogen) atoms. The van der Waals surface area contributed by atoms with Gasteiger partial charge < -0.3 is 10.2 Å². The second-order valence-corrected chi connectivity index (χ2v) is 7.89. The third-order valence-electron chi connectivity index (χ3n) is 5.16. The standard InChI is InChI=1S/C22H32N4/c1-17(2)9-12-23-21-16-22(25-18(3)24-21)26-13-10-20(11-14-26)15-19-7-5-4-6-8-19/h4-8,16-17,20H,9-15H2,1-3H3,(H,23,24,25). The Morgan fingerprint density at radius 3 is 2.54 bits per heavy atom. The fourth-order valence-corrected chi connectivity index (χ4v) is 3.61. The van der Waals surface area contributed by atoms with Crippen molar-refractivity contribution in [2.75, 3.05) is 29.9 Å². The van der Waals surface area contributed by atoms with Gasteiger partial charge >= 0.3 is 0 Å². The first kappa shape index (κ1) is 18.7. The van der Waals surface area contributed by atoms with Gasteiger partial charge in [-0.05, 0) is 50.0 Å². The molecule has 0 spiro atoms. The number of benzene rings is 1. The number of nitrogens with one attached hydrogen (secondary N) is 1. The Kier molecular flexibility index (Phi) is 6.48. The maximum Gasteiger partial charge on any atom is 0.134 e. The molecule has 1 aromatic carbocycles. The predicted molar refractivity (Wildman–Crippen MR) is 110 cm³/mol. The molecule has 2 heterocycles. The third-order valence-corrected chi connectivity index (χ3v) is 5.16. The van der Waals surface area contributed by atoms with Crippen LogP contribution in [0, 0.1) is 18.8 Å². The van der Waals surface area contributed by atoms with Crippen molar-refractivity contribution in [3.63, 3.8) is 0 Å². The molecular weight excluding hydrogens is 320 g/mol. The van der Waals surface area contributed by atoms with Crippen LogP contribution in [-0.2, 0) is 6.42 Å². The molecule has 1 N–H and O–H groups in total. The number of nitrogens with zero attached hydrogens (tertiary/aromatic N) is 3. The topological polar surface area (TPSA) is 41.1 Å². The molecule has 1 aliphatic rings. The minimum absolute atomic E-state index is 0.702. The maximum absolute atomic E-state index is 4.68. The zero-order valence-corrected chi connectivity index (χ0v) is 16.4. The zero-order chi connectivity index (χ0) is 18.4. The Balaban J connectivity index is 1.56. The van der Waals surface area contributed by atoms with Crippen LogP contribution < -0.4 is 10.2 Å². The van der Waals surface area contributed by atoms with Gasteiger partial charge in [0.25, 0.3) is 0 Å². The number of hydrogen-bond acceptors (Lipinski definition) is 4. The van der Waals surface area contributed by atoms with E-state index in [1.165, 1.54) is 24.8 Å². The highest BCUT2D eigenvalue weighted by molar-refractivity contribution is 5.49. The summed E-state index contributed by atoms with van der Waals surface area (Å²) in [6.45, 7) is 9.61. The molecule has 0 radical (unpaired) electrons. The van der Waals surface area contributed by atoms with Gasteiger partial charge in [0.1, 0.15) is 17.5 Å². The highest BCUT2D eigenvalue weighted by Gasteiger charge is 2.21. The van der Waals surface area contributed by atoms with Crippen molar-refractivity contribution >= 4 is 11.6 Å². The second-order valence-electron chi connectivity index (χ2n) is 7.89. The summed E-state index contributed by atoms with van der Waals surface area (Å²) in [5.41, 5.74) is 1.46. The van der Waals surface area contributed by atoms with Crippen LogP contribution in [0.4, 0.5) is 11.6 Å². The predicted octanol–water partition coefficient (Wildman–Crippen LogP) is 4.70. The van der Waals surface area contributed by atoms with Gasteiger partial charge in [0.05, 0.1) is 0 Å². The third kappa shape index (κ3) is 5.45. The summed E-state index contributed by atoms with van der Waals surface area (Å²) in [4.78, 5) is 11.7. The summed E-state index contributed by atoms with van der Waals surface area (Å²) in [6.07, 6.45) is 4.81. The van der Waals surface area contributed by atoms with E-state index in [4.69, 9.17) is 0 Å². The van der Waals surface area contributed by atoms with E-state index in [0.29, 0.717) is 5.92 Å². The van der Waals surface area contributed by atoms with Gasteiger partial charge in [-0.25, -0.2) is 9.97 Å². The minimum Gasteiger partial charge on any atom is -0.370 e. The summed E-state index contributed by atoms with van der Waals surface area (Å²) < 4.78 is 0. The van der Waals surface area contributed by atoms with E-state index in [-0.39, 0.29) is 0 Å². The maximum atomic E-state index is 4.68. The molecule has 0 aliphatic carbocycles. The molecule has 3 rings (SSSR count). The van der Waals surface area contributed by atoms with Gasteiger partial charge in [0.15, 0.2) is 0 Å². The molecule has 140 valence electrons. The van der Waals surface area contributed by atoms with Gasteiger partial charge in [-0.15, -0.1) is 0 Å². The Hall–Kier alpha value is -2.10. The molecular formula is C22H32N4. The van der Waals surface area contributed by atoms with Crippen molar-refractivity contribution < 1.29 is 0 Å². The SMILES string of the molecule is Cc1nc(NCCC(C)C)cc(N2CCC(Cc3ccccc3)CC2)n1. The average Bonchev–Trinajstić information content (AvgIpc) is 2.62. The number of anilines is 2. The first-order valence-corrected chi connectivity index (χ1v) is 9.98. The first-order valence-electron chi connectivity index (χ1n) is 9.98. The summed E-state index contributed by atoms with van der Waals surface area (Å²) in [5.74, 6) is 4.36. The van der Waals surface area contributed by atoms with Crippen molar-refractivity contribution in [3.05, 3.63) is 47.8 Å². The van der Waals surface area contributed by atoms with Crippen LogP contribution in [0.15, 0.2) is 36.4 Å². The number of aryl methyl sites for hydroxylation is 1. The molecule has 0 saturated carbocycles. The molecule has 1 aliphatic heterocycles.